The van der Waals surface area contributed by atoms with Gasteiger partial charge in [-0.1, -0.05) is 96.8 Å². The predicted molar refractivity (Wildman–Crippen MR) is 143 cm³/mol. The first-order valence-corrected chi connectivity index (χ1v) is 14.2. The van der Waals surface area contributed by atoms with Gasteiger partial charge in [-0.25, -0.2) is 4.79 Å². The van der Waals surface area contributed by atoms with E-state index in [1.165, 1.54) is 89.9 Å². The van der Waals surface area contributed by atoms with Crippen molar-refractivity contribution in [3.05, 3.63) is 0 Å². The second-order valence-corrected chi connectivity index (χ2v) is 10.9. The first-order valence-electron chi connectivity index (χ1n) is 14.2. The van der Waals surface area contributed by atoms with Crippen molar-refractivity contribution < 1.29 is 23.5 Å². The molecular weight excluding hydrogens is 428 g/mol. The lowest BCUT2D eigenvalue weighted by molar-refractivity contribution is -0.870. The molecule has 1 amide bonds. The van der Waals surface area contributed by atoms with Crippen LogP contribution in [0.5, 0.6) is 0 Å². The molecule has 0 rings (SSSR count). The van der Waals surface area contributed by atoms with E-state index in [1.807, 2.05) is 6.92 Å². The molecule has 0 heterocycles. The number of carbonyl (C=O) groups excluding carboxylic acids is 1. The number of quaternary nitrogens is 1. The van der Waals surface area contributed by atoms with Crippen LogP contribution >= 0.6 is 0 Å². The van der Waals surface area contributed by atoms with Gasteiger partial charge in [0, 0.05) is 13.7 Å². The van der Waals surface area contributed by atoms with E-state index in [2.05, 4.69) is 33.4 Å². The number of nitrogens with zero attached hydrogens (tertiary/aromatic N) is 1. The van der Waals surface area contributed by atoms with E-state index >= 15 is 0 Å². The van der Waals surface area contributed by atoms with Crippen LogP contribution in [0, 0.1) is 0 Å². The summed E-state index contributed by atoms with van der Waals surface area (Å²) in [5, 5.41) is 2.77. The van der Waals surface area contributed by atoms with Crippen LogP contribution in [-0.4, -0.2) is 70.9 Å². The molecule has 0 aromatic heterocycles. The Labute approximate surface area is 212 Å². The molecule has 0 aliphatic rings. The number of unbranched alkanes of at least 4 members (excludes halogenated alkanes) is 14. The lowest BCUT2D eigenvalue weighted by Gasteiger charge is -2.24. The van der Waals surface area contributed by atoms with E-state index in [0.717, 1.165) is 23.9 Å². The van der Waals surface area contributed by atoms with Gasteiger partial charge < -0.3 is 24.0 Å². The third kappa shape index (κ3) is 24.3. The minimum absolute atomic E-state index is 0.118. The second kappa shape index (κ2) is 22.6. The molecule has 0 bridgehead atoms. The van der Waals surface area contributed by atoms with Gasteiger partial charge in [-0.2, -0.15) is 0 Å². The van der Waals surface area contributed by atoms with Gasteiger partial charge in [0.1, 0.15) is 13.2 Å². The smallest absolute Gasteiger partial charge is 0.407 e. The van der Waals surface area contributed by atoms with Crippen LogP contribution in [0.25, 0.3) is 0 Å². The van der Waals surface area contributed by atoms with E-state index in [0.29, 0.717) is 13.2 Å². The number of likely N-dealkylation sites (N-methyl/N-ethyl adjacent to an activating group) is 1. The van der Waals surface area contributed by atoms with Crippen LogP contribution < -0.4 is 5.32 Å². The van der Waals surface area contributed by atoms with Crippen molar-refractivity contribution in [1.29, 1.82) is 0 Å². The Balaban J connectivity index is 3.56. The number of hydrogen-bond acceptors (Lipinski definition) is 4. The molecule has 34 heavy (non-hydrogen) atoms. The van der Waals surface area contributed by atoms with Crippen molar-refractivity contribution in [2.45, 2.75) is 129 Å². The summed E-state index contributed by atoms with van der Waals surface area (Å²) in [6.45, 7) is 5.84. The average molecular weight is 488 g/mol. The molecule has 0 aromatic rings. The van der Waals surface area contributed by atoms with Crippen LogP contribution in [-0.2, 0) is 14.2 Å². The molecule has 0 fully saturated rings. The maximum atomic E-state index is 11.8. The van der Waals surface area contributed by atoms with E-state index in [-0.39, 0.29) is 18.5 Å². The monoisotopic (exact) mass is 487 g/mol. The highest BCUT2D eigenvalue weighted by molar-refractivity contribution is 5.67. The first-order chi connectivity index (χ1) is 16.3. The molecule has 2 atom stereocenters. The molecule has 6 nitrogen and oxygen atoms in total. The van der Waals surface area contributed by atoms with Gasteiger partial charge in [0.15, 0.2) is 6.29 Å². The molecule has 0 saturated carbocycles. The molecule has 1 N–H and O–H groups in total. The van der Waals surface area contributed by atoms with E-state index < -0.39 is 0 Å². The van der Waals surface area contributed by atoms with Crippen LogP contribution in [0.3, 0.4) is 0 Å². The first kappa shape index (κ1) is 33.1. The van der Waals surface area contributed by atoms with Crippen molar-refractivity contribution >= 4 is 6.09 Å². The molecule has 6 heteroatoms. The summed E-state index contributed by atoms with van der Waals surface area (Å²) in [7, 11) is 7.90. The molecule has 0 radical (unpaired) electrons. The Hall–Kier alpha value is -0.850. The summed E-state index contributed by atoms with van der Waals surface area (Å²) < 4.78 is 17.4. The summed E-state index contributed by atoms with van der Waals surface area (Å²) in [6.07, 6.45) is 20.6. The molecular formula is C28H59N2O4+. The summed E-state index contributed by atoms with van der Waals surface area (Å²) in [5.41, 5.74) is 0. The Morgan fingerprint density at radius 2 is 1.26 bits per heavy atom. The Bertz CT molecular complexity index is 454. The second-order valence-electron chi connectivity index (χ2n) is 10.9. The predicted octanol–water partition coefficient (Wildman–Crippen LogP) is 7.06. The Kier molecular flexibility index (Phi) is 22.0. The van der Waals surface area contributed by atoms with Gasteiger partial charge >= 0.3 is 6.09 Å². The Morgan fingerprint density at radius 1 is 0.794 bits per heavy atom. The lowest BCUT2D eigenvalue weighted by Crippen LogP contribution is -2.40. The third-order valence-electron chi connectivity index (χ3n) is 6.22. The van der Waals surface area contributed by atoms with Crippen molar-refractivity contribution in [2.75, 3.05) is 47.9 Å². The molecule has 0 aromatic carbocycles. The van der Waals surface area contributed by atoms with Gasteiger partial charge in [-0.3, -0.25) is 0 Å². The van der Waals surface area contributed by atoms with Crippen LogP contribution in [0.2, 0.25) is 0 Å². The van der Waals surface area contributed by atoms with Gasteiger partial charge in [-0.05, 0) is 19.8 Å². The number of carbonyl (C=O) groups is 1. The fraction of sp³-hybridized carbons (Fsp3) is 0.964. The molecule has 0 aliphatic heterocycles. The van der Waals surface area contributed by atoms with Crippen LogP contribution in [0.15, 0.2) is 0 Å². The molecule has 0 saturated heterocycles. The largest absolute Gasteiger partial charge is 0.444 e. The zero-order valence-electron chi connectivity index (χ0n) is 23.7. The fourth-order valence-electron chi connectivity index (χ4n) is 3.92. The van der Waals surface area contributed by atoms with Crippen LogP contribution in [0.4, 0.5) is 4.79 Å². The minimum atomic E-state index is -0.389. The number of nitrogens with one attached hydrogen (secondary N) is 1. The van der Waals surface area contributed by atoms with Gasteiger partial charge in [0.05, 0.1) is 27.2 Å². The summed E-state index contributed by atoms with van der Waals surface area (Å²) in [6, 6.07) is 0. The summed E-state index contributed by atoms with van der Waals surface area (Å²) in [5.74, 6) is 0. The third-order valence-corrected chi connectivity index (χ3v) is 6.22. The number of amides is 1. The summed E-state index contributed by atoms with van der Waals surface area (Å²) >= 11 is 0. The summed E-state index contributed by atoms with van der Waals surface area (Å²) in [4.78, 5) is 11.8. The highest BCUT2D eigenvalue weighted by Crippen LogP contribution is 2.15. The number of hydrogen-bond donors (Lipinski definition) is 1. The normalized spacial score (nSPS) is 13.6. The zero-order valence-corrected chi connectivity index (χ0v) is 23.7. The van der Waals surface area contributed by atoms with Crippen molar-refractivity contribution in [2.24, 2.45) is 0 Å². The van der Waals surface area contributed by atoms with Crippen molar-refractivity contribution in [3.63, 3.8) is 0 Å². The van der Waals surface area contributed by atoms with E-state index in [4.69, 9.17) is 14.2 Å². The highest BCUT2D eigenvalue weighted by Gasteiger charge is 2.14. The van der Waals surface area contributed by atoms with Gasteiger partial charge in [0.25, 0.3) is 0 Å². The maximum Gasteiger partial charge on any atom is 0.407 e. The number of alkyl carbamates (subject to hydrolysis) is 1. The van der Waals surface area contributed by atoms with Crippen LogP contribution in [0.1, 0.15) is 117 Å². The number of rotatable bonds is 24. The lowest BCUT2D eigenvalue weighted by atomic mass is 10.0. The number of methoxy groups -OCH3 is 1. The minimum Gasteiger partial charge on any atom is -0.444 e. The highest BCUT2D eigenvalue weighted by atomic mass is 16.7. The zero-order chi connectivity index (χ0) is 25.5. The SMILES string of the molecule is CCCCCCCCCCCCCCCCCC(OC)OC(C)CNC(=O)OCC[N+](C)(C)C. The molecule has 0 spiro atoms. The van der Waals surface area contributed by atoms with E-state index in [9.17, 15) is 4.79 Å². The van der Waals surface area contributed by atoms with Crippen molar-refractivity contribution in [1.82, 2.24) is 5.32 Å². The number of ether oxygens (including phenoxy) is 3. The molecule has 0 aliphatic carbocycles. The maximum absolute atomic E-state index is 11.8. The Morgan fingerprint density at radius 3 is 1.71 bits per heavy atom. The molecule has 2 unspecified atom stereocenters. The van der Waals surface area contributed by atoms with Gasteiger partial charge in [0.2, 0.25) is 0 Å². The van der Waals surface area contributed by atoms with E-state index in [1.54, 1.807) is 7.11 Å². The average Bonchev–Trinajstić information content (AvgIpc) is 2.78. The van der Waals surface area contributed by atoms with Crippen molar-refractivity contribution in [3.8, 4) is 0 Å². The topological polar surface area (TPSA) is 56.8 Å². The fourth-order valence-corrected chi connectivity index (χ4v) is 3.92. The van der Waals surface area contributed by atoms with Gasteiger partial charge in [-0.15, -0.1) is 0 Å². The standard InChI is InChI=1S/C28H58N2O4/c1-7-8-9-10-11-12-13-14-15-16-17-18-19-20-21-22-27(32-6)34-26(2)25-29-28(31)33-24-23-30(3,4)5/h26-27H,7-25H2,1-6H3/p+1. The molecule has 204 valence electrons. The quantitative estimate of drug-likeness (QED) is 0.0899.